The van der Waals surface area contributed by atoms with Gasteiger partial charge in [-0.1, -0.05) is 30.4 Å². The van der Waals surface area contributed by atoms with Crippen molar-refractivity contribution in [3.63, 3.8) is 0 Å². The molecular formula is C25H24FN3O. The van der Waals surface area contributed by atoms with Crippen molar-refractivity contribution in [2.24, 2.45) is 5.41 Å². The number of nitrogens with zero attached hydrogens (tertiary/aromatic N) is 3. The molecule has 5 rings (SSSR count). The van der Waals surface area contributed by atoms with E-state index >= 15 is 0 Å². The average Bonchev–Trinajstić information content (AvgIpc) is 3.25. The van der Waals surface area contributed by atoms with E-state index < -0.39 is 5.82 Å². The third-order valence-electron chi connectivity index (χ3n) is 6.40. The summed E-state index contributed by atoms with van der Waals surface area (Å²) in [6.07, 6.45) is 14.8. The van der Waals surface area contributed by atoms with Gasteiger partial charge in [0.05, 0.1) is 12.0 Å². The Morgan fingerprint density at radius 1 is 1.10 bits per heavy atom. The Kier molecular flexibility index (Phi) is 4.74. The minimum absolute atomic E-state index is 0.111. The normalized spacial score (nSPS) is 20.8. The molecule has 1 aliphatic carbocycles. The summed E-state index contributed by atoms with van der Waals surface area (Å²) in [5, 5.41) is 0. The molecule has 2 aliphatic rings. The van der Waals surface area contributed by atoms with Crippen LogP contribution < -0.4 is 4.90 Å². The minimum atomic E-state index is -0.436. The Morgan fingerprint density at radius 2 is 2.00 bits per heavy atom. The standard InChI is InChI=1S/C25H24FN3O/c26-21-16-19(8-9-23(21)28-15-13-27-18-28)24(30)29-14-12-25(10-4-1-5-11-25)17-20-6-2-3-7-22(20)29/h2-4,6-10,13,15-16,18H,1,5,11-12,14,17H2. The van der Waals surface area contributed by atoms with Gasteiger partial charge in [0.1, 0.15) is 5.82 Å². The molecule has 2 aromatic carbocycles. The van der Waals surface area contributed by atoms with Crippen molar-refractivity contribution in [2.45, 2.75) is 32.1 Å². The van der Waals surface area contributed by atoms with Gasteiger partial charge < -0.3 is 9.47 Å². The summed E-state index contributed by atoms with van der Waals surface area (Å²) in [6.45, 7) is 0.630. The van der Waals surface area contributed by atoms with Gasteiger partial charge in [-0.05, 0) is 67.3 Å². The molecule has 0 saturated heterocycles. The molecule has 1 atom stereocenters. The van der Waals surface area contributed by atoms with Gasteiger partial charge in [0.25, 0.3) is 5.91 Å². The number of allylic oxidation sites excluding steroid dienone is 2. The lowest BCUT2D eigenvalue weighted by atomic mass is 9.72. The van der Waals surface area contributed by atoms with E-state index in [4.69, 9.17) is 0 Å². The van der Waals surface area contributed by atoms with E-state index in [-0.39, 0.29) is 11.3 Å². The molecule has 2 heterocycles. The fraction of sp³-hybridized carbons (Fsp3) is 0.280. The number of amides is 1. The van der Waals surface area contributed by atoms with E-state index in [0.717, 1.165) is 31.4 Å². The lowest BCUT2D eigenvalue weighted by Crippen LogP contribution is -2.33. The van der Waals surface area contributed by atoms with Gasteiger partial charge in [-0.2, -0.15) is 0 Å². The maximum absolute atomic E-state index is 14.8. The summed E-state index contributed by atoms with van der Waals surface area (Å²) in [7, 11) is 0. The predicted octanol–water partition coefficient (Wildman–Crippen LogP) is 5.33. The van der Waals surface area contributed by atoms with Crippen LogP contribution in [0.1, 0.15) is 41.6 Å². The zero-order valence-electron chi connectivity index (χ0n) is 16.8. The number of imidazole rings is 1. The molecule has 1 aliphatic heterocycles. The molecular weight excluding hydrogens is 377 g/mol. The summed E-state index contributed by atoms with van der Waals surface area (Å²) < 4.78 is 16.4. The van der Waals surface area contributed by atoms with Crippen molar-refractivity contribution in [1.29, 1.82) is 0 Å². The topological polar surface area (TPSA) is 38.1 Å². The van der Waals surface area contributed by atoms with E-state index in [1.807, 2.05) is 23.1 Å². The van der Waals surface area contributed by atoms with Gasteiger partial charge in [0.15, 0.2) is 0 Å². The number of benzene rings is 2. The highest BCUT2D eigenvalue weighted by Gasteiger charge is 2.35. The fourth-order valence-corrected chi connectivity index (χ4v) is 4.81. The quantitative estimate of drug-likeness (QED) is 0.544. The molecule has 3 aromatic rings. The zero-order valence-corrected chi connectivity index (χ0v) is 16.8. The molecule has 1 amide bonds. The molecule has 152 valence electrons. The molecule has 0 saturated carbocycles. The van der Waals surface area contributed by atoms with Gasteiger partial charge in [-0.15, -0.1) is 0 Å². The second-order valence-electron chi connectivity index (χ2n) is 8.31. The molecule has 1 unspecified atom stereocenters. The van der Waals surface area contributed by atoms with Crippen LogP contribution in [-0.4, -0.2) is 22.0 Å². The lowest BCUT2D eigenvalue weighted by molar-refractivity contribution is 0.0984. The van der Waals surface area contributed by atoms with Crippen molar-refractivity contribution in [3.8, 4) is 5.69 Å². The first kappa shape index (κ1) is 18.8. The number of anilines is 1. The Morgan fingerprint density at radius 3 is 2.77 bits per heavy atom. The number of para-hydroxylation sites is 1. The predicted molar refractivity (Wildman–Crippen MR) is 115 cm³/mol. The van der Waals surface area contributed by atoms with Crippen LogP contribution in [0.5, 0.6) is 0 Å². The Bertz CT molecular complexity index is 1110. The summed E-state index contributed by atoms with van der Waals surface area (Å²) in [4.78, 5) is 19.3. The molecule has 1 aromatic heterocycles. The highest BCUT2D eigenvalue weighted by atomic mass is 19.1. The third kappa shape index (κ3) is 3.34. The first-order chi connectivity index (χ1) is 14.7. The monoisotopic (exact) mass is 401 g/mol. The lowest BCUT2D eigenvalue weighted by Gasteiger charge is -2.32. The van der Waals surface area contributed by atoms with Crippen LogP contribution in [0.15, 0.2) is 73.3 Å². The molecule has 0 radical (unpaired) electrons. The maximum Gasteiger partial charge on any atom is 0.258 e. The number of aromatic nitrogens is 2. The number of fused-ring (bicyclic) bond motifs is 1. The van der Waals surface area contributed by atoms with Crippen LogP contribution in [0.2, 0.25) is 0 Å². The summed E-state index contributed by atoms with van der Waals surface area (Å²) in [5.41, 5.74) is 2.98. The number of carbonyl (C=O) groups is 1. The SMILES string of the molecule is O=C(c1ccc(-n2ccnc2)c(F)c1)N1CCC2(C=CCCC2)Cc2ccccc21. The smallest absolute Gasteiger partial charge is 0.258 e. The van der Waals surface area contributed by atoms with Crippen LogP contribution in [0.25, 0.3) is 5.69 Å². The van der Waals surface area contributed by atoms with Crippen LogP contribution in [0.3, 0.4) is 0 Å². The first-order valence-corrected chi connectivity index (χ1v) is 10.5. The van der Waals surface area contributed by atoms with Crippen LogP contribution in [0, 0.1) is 11.2 Å². The molecule has 30 heavy (non-hydrogen) atoms. The second kappa shape index (κ2) is 7.56. The first-order valence-electron chi connectivity index (χ1n) is 10.5. The zero-order chi connectivity index (χ0) is 20.6. The maximum atomic E-state index is 14.8. The molecule has 5 heteroatoms. The van der Waals surface area contributed by atoms with Crippen molar-refractivity contribution < 1.29 is 9.18 Å². The second-order valence-corrected chi connectivity index (χ2v) is 8.31. The van der Waals surface area contributed by atoms with E-state index in [9.17, 15) is 9.18 Å². The fourth-order valence-electron chi connectivity index (χ4n) is 4.81. The minimum Gasteiger partial charge on any atom is -0.308 e. The summed E-state index contributed by atoms with van der Waals surface area (Å²) >= 11 is 0. The molecule has 4 nitrogen and oxygen atoms in total. The number of hydrogen-bond donors (Lipinski definition) is 0. The van der Waals surface area contributed by atoms with Gasteiger partial charge in [-0.3, -0.25) is 4.79 Å². The Balaban J connectivity index is 1.49. The Hall–Kier alpha value is -3.21. The number of rotatable bonds is 2. The van der Waals surface area contributed by atoms with Gasteiger partial charge >= 0.3 is 0 Å². The van der Waals surface area contributed by atoms with E-state index in [2.05, 4.69) is 23.2 Å². The van der Waals surface area contributed by atoms with Crippen molar-refractivity contribution in [3.05, 3.63) is 90.3 Å². The number of hydrogen-bond acceptors (Lipinski definition) is 2. The van der Waals surface area contributed by atoms with E-state index in [1.165, 1.54) is 18.1 Å². The van der Waals surface area contributed by atoms with Gasteiger partial charge in [0, 0.05) is 30.2 Å². The van der Waals surface area contributed by atoms with Crippen LogP contribution in [-0.2, 0) is 6.42 Å². The highest BCUT2D eigenvalue weighted by Crippen LogP contribution is 2.43. The Labute approximate surface area is 175 Å². The van der Waals surface area contributed by atoms with E-state index in [1.54, 1.807) is 35.4 Å². The van der Waals surface area contributed by atoms with Crippen molar-refractivity contribution >= 4 is 11.6 Å². The highest BCUT2D eigenvalue weighted by molar-refractivity contribution is 6.06. The van der Waals surface area contributed by atoms with Crippen molar-refractivity contribution in [1.82, 2.24) is 9.55 Å². The van der Waals surface area contributed by atoms with Gasteiger partial charge in [0.2, 0.25) is 0 Å². The summed E-state index contributed by atoms with van der Waals surface area (Å²) in [6, 6.07) is 12.8. The largest absolute Gasteiger partial charge is 0.308 e. The van der Waals surface area contributed by atoms with Gasteiger partial charge in [-0.25, -0.2) is 9.37 Å². The van der Waals surface area contributed by atoms with Crippen LogP contribution >= 0.6 is 0 Å². The summed E-state index contributed by atoms with van der Waals surface area (Å²) in [5.74, 6) is -0.594. The van der Waals surface area contributed by atoms with Crippen molar-refractivity contribution in [2.75, 3.05) is 11.4 Å². The average molecular weight is 401 g/mol. The number of halogens is 1. The van der Waals surface area contributed by atoms with E-state index in [0.29, 0.717) is 17.8 Å². The number of carbonyl (C=O) groups excluding carboxylic acids is 1. The third-order valence-corrected chi connectivity index (χ3v) is 6.40. The van der Waals surface area contributed by atoms with Crippen LogP contribution in [0.4, 0.5) is 10.1 Å². The molecule has 0 fully saturated rings. The molecule has 1 spiro atoms. The molecule has 0 bridgehead atoms. The molecule has 0 N–H and O–H groups in total.